The van der Waals surface area contributed by atoms with Gasteiger partial charge in [-0.3, -0.25) is 4.79 Å². The minimum atomic E-state index is -0.750. The van der Waals surface area contributed by atoms with E-state index in [4.69, 9.17) is 27.5 Å². The number of rotatable bonds is 6. The molecule has 0 saturated carbocycles. The highest BCUT2D eigenvalue weighted by Gasteiger charge is 2.04. The number of nitrogens with two attached hydrogens (primary N) is 1. The van der Waals surface area contributed by atoms with Gasteiger partial charge in [0.25, 0.3) is 0 Å². The number of aliphatic hydroxyl groups excluding tert-OH is 1. The molecular weight excluding hydrogens is 400 g/mol. The van der Waals surface area contributed by atoms with Gasteiger partial charge in [0.2, 0.25) is 5.91 Å². The van der Waals surface area contributed by atoms with Crippen molar-refractivity contribution in [2.75, 3.05) is 6.79 Å². The van der Waals surface area contributed by atoms with Crippen molar-refractivity contribution in [2.24, 2.45) is 5.73 Å². The molecule has 6 heteroatoms. The molecule has 0 spiro atoms. The summed E-state index contributed by atoms with van der Waals surface area (Å²) in [5, 5.41) is 17.8. The molecule has 0 aliphatic rings. The van der Waals surface area contributed by atoms with Gasteiger partial charge in [-0.15, -0.1) is 0 Å². The van der Waals surface area contributed by atoms with Gasteiger partial charge in [-0.05, 0) is 29.2 Å². The second-order valence-corrected chi connectivity index (χ2v) is 6.59. The standard InChI is InChI=1S/C16H16ClNO.C7H9N.CH4O2/c17-15-9-5-4-8-14(15)12-18-16(19)11-10-13-6-2-1-3-7-13;8-6-7-4-2-1-3-5-7;2-1-3/h1-9H,10-12H2,(H,18,19);1-5H,6,8H2;2-3H,1H2. The van der Waals surface area contributed by atoms with Gasteiger partial charge in [0.1, 0.15) is 6.79 Å². The smallest absolute Gasteiger partial charge is 0.220 e. The van der Waals surface area contributed by atoms with Crippen molar-refractivity contribution >= 4 is 17.5 Å². The predicted octanol–water partition coefficient (Wildman–Crippen LogP) is 3.66. The highest BCUT2D eigenvalue weighted by molar-refractivity contribution is 6.31. The lowest BCUT2D eigenvalue weighted by molar-refractivity contribution is -0.121. The van der Waals surface area contributed by atoms with E-state index in [2.05, 4.69) is 5.32 Å². The van der Waals surface area contributed by atoms with Gasteiger partial charge in [-0.1, -0.05) is 90.5 Å². The molecule has 0 aromatic heterocycles. The summed E-state index contributed by atoms with van der Waals surface area (Å²) >= 11 is 6.03. The number of aryl methyl sites for hydroxylation is 1. The zero-order valence-corrected chi connectivity index (χ0v) is 17.6. The van der Waals surface area contributed by atoms with Crippen molar-refractivity contribution < 1.29 is 15.0 Å². The highest BCUT2D eigenvalue weighted by atomic mass is 35.5. The summed E-state index contributed by atoms with van der Waals surface area (Å²) in [6.45, 7) is 0.369. The van der Waals surface area contributed by atoms with Crippen molar-refractivity contribution in [2.45, 2.75) is 25.9 Å². The second-order valence-electron chi connectivity index (χ2n) is 6.18. The van der Waals surface area contributed by atoms with Crippen LogP contribution in [0.3, 0.4) is 0 Å². The fraction of sp³-hybridized carbons (Fsp3) is 0.208. The summed E-state index contributed by atoms with van der Waals surface area (Å²) in [5.41, 5.74) is 8.66. The van der Waals surface area contributed by atoms with Crippen molar-refractivity contribution in [3.05, 3.63) is 107 Å². The molecule has 30 heavy (non-hydrogen) atoms. The molecule has 0 radical (unpaired) electrons. The van der Waals surface area contributed by atoms with Crippen LogP contribution in [0.15, 0.2) is 84.9 Å². The Hall–Kier alpha value is -2.70. The average molecular weight is 429 g/mol. The Morgan fingerprint density at radius 2 is 1.33 bits per heavy atom. The third-order valence-electron chi connectivity index (χ3n) is 4.00. The van der Waals surface area contributed by atoms with Crippen molar-refractivity contribution in [3.8, 4) is 0 Å². The molecule has 3 aromatic carbocycles. The monoisotopic (exact) mass is 428 g/mol. The highest BCUT2D eigenvalue weighted by Crippen LogP contribution is 2.14. The van der Waals surface area contributed by atoms with Crippen molar-refractivity contribution in [1.29, 1.82) is 0 Å². The van der Waals surface area contributed by atoms with Gasteiger partial charge in [0.15, 0.2) is 0 Å². The van der Waals surface area contributed by atoms with E-state index in [0.717, 1.165) is 12.0 Å². The molecule has 0 aliphatic carbocycles. The SMILES string of the molecule is NCc1ccccc1.O=C(CCc1ccccc1)NCc1ccccc1Cl.OCO. The van der Waals surface area contributed by atoms with Crippen LogP contribution >= 0.6 is 11.6 Å². The first kappa shape index (κ1) is 25.3. The molecule has 5 nitrogen and oxygen atoms in total. The summed E-state index contributed by atoms with van der Waals surface area (Å²) in [6, 6.07) is 27.5. The van der Waals surface area contributed by atoms with Gasteiger partial charge in [-0.2, -0.15) is 0 Å². The van der Waals surface area contributed by atoms with Gasteiger partial charge < -0.3 is 21.3 Å². The third-order valence-corrected chi connectivity index (χ3v) is 4.36. The number of amides is 1. The maximum Gasteiger partial charge on any atom is 0.220 e. The third kappa shape index (κ3) is 11.3. The maximum absolute atomic E-state index is 11.7. The molecule has 0 atom stereocenters. The molecule has 0 saturated heterocycles. The molecule has 0 fully saturated rings. The first-order valence-electron chi connectivity index (χ1n) is 9.60. The lowest BCUT2D eigenvalue weighted by atomic mass is 10.1. The van der Waals surface area contributed by atoms with E-state index in [1.165, 1.54) is 11.1 Å². The van der Waals surface area contributed by atoms with E-state index < -0.39 is 6.79 Å². The molecule has 0 heterocycles. The number of benzene rings is 3. The fourth-order valence-electron chi connectivity index (χ4n) is 2.44. The van der Waals surface area contributed by atoms with E-state index in [1.807, 2.05) is 84.9 Å². The van der Waals surface area contributed by atoms with Crippen LogP contribution < -0.4 is 11.1 Å². The van der Waals surface area contributed by atoms with E-state index >= 15 is 0 Å². The van der Waals surface area contributed by atoms with Crippen LogP contribution in [0.2, 0.25) is 5.02 Å². The molecule has 1 amide bonds. The summed E-state index contributed by atoms with van der Waals surface area (Å²) in [6.07, 6.45) is 1.25. The zero-order valence-electron chi connectivity index (χ0n) is 16.9. The molecule has 5 N–H and O–H groups in total. The number of halogens is 1. The lowest BCUT2D eigenvalue weighted by Crippen LogP contribution is -2.23. The minimum Gasteiger partial charge on any atom is -0.371 e. The first-order valence-corrected chi connectivity index (χ1v) is 9.98. The van der Waals surface area contributed by atoms with E-state index in [0.29, 0.717) is 24.5 Å². The Balaban J connectivity index is 0.000000338. The van der Waals surface area contributed by atoms with Gasteiger partial charge in [0, 0.05) is 24.5 Å². The van der Waals surface area contributed by atoms with Crippen LogP contribution in [0, 0.1) is 0 Å². The summed E-state index contributed by atoms with van der Waals surface area (Å²) in [7, 11) is 0. The second kappa shape index (κ2) is 16.1. The molecule has 0 unspecified atom stereocenters. The molecule has 0 aliphatic heterocycles. The van der Waals surface area contributed by atoms with Gasteiger partial charge in [0.05, 0.1) is 0 Å². The van der Waals surface area contributed by atoms with E-state index in [1.54, 1.807) is 0 Å². The Labute approximate surface area is 183 Å². The number of hydrogen-bond donors (Lipinski definition) is 4. The predicted molar refractivity (Wildman–Crippen MR) is 122 cm³/mol. The number of aliphatic hydroxyl groups is 2. The fourth-order valence-corrected chi connectivity index (χ4v) is 2.64. The molecular formula is C24H29ClN2O3. The normalized spacial score (nSPS) is 9.47. The van der Waals surface area contributed by atoms with Crippen molar-refractivity contribution in [1.82, 2.24) is 5.32 Å². The Bertz CT molecular complexity index is 830. The maximum atomic E-state index is 11.7. The topological polar surface area (TPSA) is 95.6 Å². The van der Waals surface area contributed by atoms with Crippen LogP contribution in [0.25, 0.3) is 0 Å². The summed E-state index contributed by atoms with van der Waals surface area (Å²) in [4.78, 5) is 11.7. The Morgan fingerprint density at radius 1 is 0.833 bits per heavy atom. The molecule has 3 rings (SSSR count). The number of carbonyl (C=O) groups is 1. The number of hydrogen-bond acceptors (Lipinski definition) is 4. The van der Waals surface area contributed by atoms with Crippen LogP contribution in [0.5, 0.6) is 0 Å². The van der Waals surface area contributed by atoms with Crippen LogP contribution in [-0.2, 0) is 24.3 Å². The van der Waals surface area contributed by atoms with E-state index in [-0.39, 0.29) is 5.91 Å². The van der Waals surface area contributed by atoms with Crippen LogP contribution in [0.1, 0.15) is 23.1 Å². The quantitative estimate of drug-likeness (QED) is 0.450. The first-order chi connectivity index (χ1) is 14.6. The molecule has 3 aromatic rings. The summed E-state index contributed by atoms with van der Waals surface area (Å²) < 4.78 is 0. The van der Waals surface area contributed by atoms with Crippen LogP contribution in [0.4, 0.5) is 0 Å². The van der Waals surface area contributed by atoms with Gasteiger partial charge >= 0.3 is 0 Å². The number of nitrogens with one attached hydrogen (secondary N) is 1. The minimum absolute atomic E-state index is 0.0452. The average Bonchev–Trinajstić information content (AvgIpc) is 2.79. The Morgan fingerprint density at radius 3 is 1.83 bits per heavy atom. The van der Waals surface area contributed by atoms with Crippen molar-refractivity contribution in [3.63, 3.8) is 0 Å². The summed E-state index contributed by atoms with van der Waals surface area (Å²) in [5.74, 6) is 0.0452. The number of carbonyl (C=O) groups excluding carboxylic acids is 1. The zero-order chi connectivity index (χ0) is 22.0. The van der Waals surface area contributed by atoms with Crippen LogP contribution in [-0.4, -0.2) is 22.9 Å². The lowest BCUT2D eigenvalue weighted by Gasteiger charge is -2.07. The largest absolute Gasteiger partial charge is 0.371 e. The van der Waals surface area contributed by atoms with E-state index in [9.17, 15) is 4.79 Å². The molecule has 160 valence electrons. The Kier molecular flexibility index (Phi) is 13.6. The molecule has 0 bridgehead atoms. The van der Waals surface area contributed by atoms with Gasteiger partial charge in [-0.25, -0.2) is 0 Å².